The molecule has 0 fully saturated rings. The van der Waals surface area contributed by atoms with Crippen molar-refractivity contribution in [2.24, 2.45) is 0 Å². The smallest absolute Gasteiger partial charge is 0.260 e. The van der Waals surface area contributed by atoms with E-state index in [0.717, 1.165) is 33.1 Å². The highest BCUT2D eigenvalue weighted by Crippen LogP contribution is 2.40. The van der Waals surface area contributed by atoms with Crippen LogP contribution >= 0.6 is 22.9 Å². The molecule has 0 bridgehead atoms. The molecule has 3 heterocycles. The number of aryl methyl sites for hydroxylation is 1. The molecule has 0 spiro atoms. The van der Waals surface area contributed by atoms with Crippen LogP contribution in [0.2, 0.25) is 5.15 Å². The van der Waals surface area contributed by atoms with Crippen LogP contribution in [0.25, 0.3) is 21.7 Å². The lowest BCUT2D eigenvalue weighted by molar-refractivity contribution is 0.102. The molecule has 0 radical (unpaired) electrons. The molecule has 2 aromatic carbocycles. The Morgan fingerprint density at radius 3 is 2.54 bits per heavy atom. The second-order valence-corrected chi connectivity index (χ2v) is 9.93. The van der Waals surface area contributed by atoms with E-state index in [0.29, 0.717) is 10.7 Å². The molecule has 0 aliphatic carbocycles. The van der Waals surface area contributed by atoms with Crippen LogP contribution in [0.4, 0.5) is 10.9 Å². The fourth-order valence-corrected chi connectivity index (χ4v) is 5.16. The number of nitrogens with one attached hydrogen (secondary N) is 2. The van der Waals surface area contributed by atoms with Gasteiger partial charge in [0.2, 0.25) is 0 Å². The van der Waals surface area contributed by atoms with Crippen LogP contribution in [0.1, 0.15) is 34.5 Å². The van der Waals surface area contributed by atoms with Crippen LogP contribution in [-0.4, -0.2) is 20.9 Å². The summed E-state index contributed by atoms with van der Waals surface area (Å²) >= 11 is 7.54. The summed E-state index contributed by atoms with van der Waals surface area (Å²) in [6, 6.07) is 25.7. The number of thiazole rings is 1. The molecular formula is C29H24ClN5OS. The van der Waals surface area contributed by atoms with Crippen LogP contribution in [0, 0.1) is 6.92 Å². The average Bonchev–Trinajstić information content (AvgIpc) is 3.33. The highest BCUT2D eigenvalue weighted by Gasteiger charge is 2.19. The highest BCUT2D eigenvalue weighted by atomic mass is 35.5. The Morgan fingerprint density at radius 2 is 1.76 bits per heavy atom. The summed E-state index contributed by atoms with van der Waals surface area (Å²) in [5.74, 6) is 0.396. The van der Waals surface area contributed by atoms with Gasteiger partial charge in [-0.05, 0) is 55.3 Å². The first-order chi connectivity index (χ1) is 18.0. The molecule has 0 aliphatic rings. The van der Waals surface area contributed by atoms with E-state index >= 15 is 0 Å². The number of aromatic nitrogens is 3. The summed E-state index contributed by atoms with van der Waals surface area (Å²) < 4.78 is 0. The van der Waals surface area contributed by atoms with Gasteiger partial charge in [0.15, 0.2) is 5.13 Å². The minimum atomic E-state index is -0.358. The predicted molar refractivity (Wildman–Crippen MR) is 151 cm³/mol. The van der Waals surface area contributed by atoms with Crippen molar-refractivity contribution in [1.29, 1.82) is 0 Å². The van der Waals surface area contributed by atoms with Gasteiger partial charge in [0.05, 0.1) is 16.1 Å². The van der Waals surface area contributed by atoms with E-state index in [1.165, 1.54) is 16.9 Å². The third kappa shape index (κ3) is 5.69. The summed E-state index contributed by atoms with van der Waals surface area (Å²) in [6.45, 7) is 4.15. The van der Waals surface area contributed by atoms with Crippen LogP contribution in [0.15, 0.2) is 91.3 Å². The van der Waals surface area contributed by atoms with Crippen molar-refractivity contribution in [3.8, 4) is 21.7 Å². The van der Waals surface area contributed by atoms with Gasteiger partial charge in [-0.15, -0.1) is 0 Å². The van der Waals surface area contributed by atoms with E-state index in [4.69, 9.17) is 16.6 Å². The first-order valence-corrected chi connectivity index (χ1v) is 12.9. The number of anilines is 2. The van der Waals surface area contributed by atoms with Gasteiger partial charge in [-0.3, -0.25) is 10.1 Å². The van der Waals surface area contributed by atoms with Crippen LogP contribution in [0.3, 0.4) is 0 Å². The Balaban J connectivity index is 1.50. The van der Waals surface area contributed by atoms with Crippen molar-refractivity contribution < 1.29 is 4.79 Å². The zero-order valence-corrected chi connectivity index (χ0v) is 21.8. The molecule has 8 heteroatoms. The number of hydrogen-bond donors (Lipinski definition) is 2. The summed E-state index contributed by atoms with van der Waals surface area (Å²) in [7, 11) is 0. The molecule has 1 amide bonds. The Labute approximate surface area is 224 Å². The fraction of sp³-hybridized carbons (Fsp3) is 0.103. The molecule has 184 valence electrons. The molecular weight excluding hydrogens is 502 g/mol. The quantitative estimate of drug-likeness (QED) is 0.213. The standard InChI is InChI=1S/C29H24ClN5OS/c1-18-8-6-11-21(16-18)25-26(37-29(34-25)35-28(36)23-12-7-14-32-27(23)30)22-13-15-31-24(17-22)33-19(2)20-9-4-3-5-10-20/h3-17,19H,1-2H3,(H,31,33)(H,34,35,36)/t19-/m0/s1. The van der Waals surface area contributed by atoms with Gasteiger partial charge < -0.3 is 5.32 Å². The maximum Gasteiger partial charge on any atom is 0.260 e. The lowest BCUT2D eigenvalue weighted by atomic mass is 10.1. The van der Waals surface area contributed by atoms with E-state index in [2.05, 4.69) is 45.7 Å². The number of rotatable bonds is 7. The van der Waals surface area contributed by atoms with E-state index in [1.807, 2.05) is 55.5 Å². The van der Waals surface area contributed by atoms with Crippen LogP contribution in [-0.2, 0) is 0 Å². The Morgan fingerprint density at radius 1 is 0.919 bits per heavy atom. The largest absolute Gasteiger partial charge is 0.364 e. The van der Waals surface area contributed by atoms with Crippen molar-refractivity contribution >= 4 is 39.8 Å². The SMILES string of the molecule is Cc1cccc(-c2nc(NC(=O)c3cccnc3Cl)sc2-c2ccnc(N[C@@H](C)c3ccccc3)c2)c1. The fourth-order valence-electron chi connectivity index (χ4n) is 3.97. The van der Waals surface area contributed by atoms with Crippen molar-refractivity contribution in [3.63, 3.8) is 0 Å². The number of carbonyl (C=O) groups is 1. The number of nitrogens with zero attached hydrogens (tertiary/aromatic N) is 3. The number of halogens is 1. The topological polar surface area (TPSA) is 79.8 Å². The summed E-state index contributed by atoms with van der Waals surface area (Å²) in [4.78, 5) is 27.2. The van der Waals surface area contributed by atoms with Gasteiger partial charge in [0, 0.05) is 24.0 Å². The molecule has 6 nitrogen and oxygen atoms in total. The molecule has 0 aliphatic heterocycles. The maximum absolute atomic E-state index is 12.9. The van der Waals surface area contributed by atoms with Gasteiger partial charge in [0.25, 0.3) is 5.91 Å². The molecule has 2 N–H and O–H groups in total. The van der Waals surface area contributed by atoms with Crippen molar-refractivity contribution in [2.45, 2.75) is 19.9 Å². The third-order valence-electron chi connectivity index (χ3n) is 5.83. The van der Waals surface area contributed by atoms with Crippen molar-refractivity contribution in [2.75, 3.05) is 10.6 Å². The number of hydrogen-bond acceptors (Lipinski definition) is 6. The number of benzene rings is 2. The first-order valence-electron chi connectivity index (χ1n) is 11.8. The zero-order chi connectivity index (χ0) is 25.8. The maximum atomic E-state index is 12.9. The second-order valence-electron chi connectivity index (χ2n) is 8.57. The molecule has 0 saturated carbocycles. The highest BCUT2D eigenvalue weighted by molar-refractivity contribution is 7.19. The summed E-state index contributed by atoms with van der Waals surface area (Å²) in [5, 5.41) is 7.00. The lowest BCUT2D eigenvalue weighted by Crippen LogP contribution is -2.12. The van der Waals surface area contributed by atoms with E-state index in [9.17, 15) is 4.79 Å². The lowest BCUT2D eigenvalue weighted by Gasteiger charge is -2.15. The summed E-state index contributed by atoms with van der Waals surface area (Å²) in [6.07, 6.45) is 3.33. The number of pyridine rings is 2. The average molecular weight is 526 g/mol. The number of amides is 1. The Hall–Kier alpha value is -4.07. The van der Waals surface area contributed by atoms with E-state index < -0.39 is 0 Å². The van der Waals surface area contributed by atoms with Gasteiger partial charge in [0.1, 0.15) is 11.0 Å². The molecule has 5 rings (SSSR count). The molecule has 0 saturated heterocycles. The zero-order valence-electron chi connectivity index (χ0n) is 20.3. The van der Waals surface area contributed by atoms with Crippen molar-refractivity contribution in [1.82, 2.24) is 15.0 Å². The van der Waals surface area contributed by atoms with Crippen molar-refractivity contribution in [3.05, 3.63) is 113 Å². The van der Waals surface area contributed by atoms with E-state index in [1.54, 1.807) is 24.5 Å². The van der Waals surface area contributed by atoms with E-state index in [-0.39, 0.29) is 17.1 Å². The van der Waals surface area contributed by atoms with Gasteiger partial charge >= 0.3 is 0 Å². The van der Waals surface area contributed by atoms with Crippen LogP contribution < -0.4 is 10.6 Å². The van der Waals surface area contributed by atoms with Crippen LogP contribution in [0.5, 0.6) is 0 Å². The molecule has 1 atom stereocenters. The normalized spacial score (nSPS) is 11.6. The summed E-state index contributed by atoms with van der Waals surface area (Å²) in [5.41, 5.74) is 5.30. The molecule has 5 aromatic rings. The van der Waals surface area contributed by atoms with Gasteiger partial charge in [-0.2, -0.15) is 0 Å². The monoisotopic (exact) mass is 525 g/mol. The molecule has 0 unspecified atom stereocenters. The Bertz CT molecular complexity index is 1550. The predicted octanol–water partition coefficient (Wildman–Crippen LogP) is 7.65. The Kier molecular flexibility index (Phi) is 7.25. The van der Waals surface area contributed by atoms with Gasteiger partial charge in [-0.25, -0.2) is 15.0 Å². The minimum absolute atomic E-state index is 0.0840. The third-order valence-corrected chi connectivity index (χ3v) is 7.15. The van der Waals surface area contributed by atoms with Gasteiger partial charge in [-0.1, -0.05) is 77.0 Å². The number of carbonyl (C=O) groups excluding carboxylic acids is 1. The molecule has 37 heavy (non-hydrogen) atoms. The minimum Gasteiger partial charge on any atom is -0.364 e. The first kappa shape index (κ1) is 24.6. The molecule has 3 aromatic heterocycles. The second kappa shape index (κ2) is 10.9.